The normalized spacial score (nSPS) is 28.2. The average Bonchev–Trinajstić information content (AvgIpc) is 3.52. The number of nitrogen functional groups attached to an aromatic ring is 1. The molecule has 42 heteroatoms. The largest absolute Gasteiger partial charge is 0.490 e. The summed E-state index contributed by atoms with van der Waals surface area (Å²) >= 11 is 0. The summed E-state index contributed by atoms with van der Waals surface area (Å²) in [5.41, 5.74) is 2.45. The van der Waals surface area contributed by atoms with Crippen LogP contribution in [0.3, 0.4) is 0 Å². The number of ether oxygens (including phenoxy) is 3. The van der Waals surface area contributed by atoms with Crippen LogP contribution in [0.5, 0.6) is 5.75 Å². The Morgan fingerprint density at radius 1 is 0.677 bits per heavy atom. The maximum absolute atomic E-state index is 12.0. The van der Waals surface area contributed by atoms with Crippen LogP contribution in [-0.4, -0.2) is 141 Å². The van der Waals surface area contributed by atoms with Crippen LogP contribution in [0, 0.1) is 0 Å². The van der Waals surface area contributed by atoms with Gasteiger partial charge in [0.25, 0.3) is 5.56 Å². The van der Waals surface area contributed by atoms with Crippen molar-refractivity contribution in [1.82, 2.24) is 19.1 Å². The Balaban J connectivity index is 0.000000330. The van der Waals surface area contributed by atoms with Crippen LogP contribution in [0.25, 0.3) is 0 Å². The molecule has 0 spiro atoms. The maximum Gasteiger partial charge on any atom is 0.490 e. The van der Waals surface area contributed by atoms with E-state index in [-0.39, 0.29) is 17.1 Å². The first-order valence-electron chi connectivity index (χ1n) is 15.6. The highest BCUT2D eigenvalue weighted by molar-refractivity contribution is 7.67. The minimum absolute atomic E-state index is 0.0124. The van der Waals surface area contributed by atoms with Gasteiger partial charge in [0.15, 0.2) is 12.5 Å². The van der Waals surface area contributed by atoms with Gasteiger partial charge in [-0.3, -0.25) is 28.0 Å². The van der Waals surface area contributed by atoms with Gasteiger partial charge in [0.05, 0.1) is 33.1 Å². The predicted molar refractivity (Wildman–Crippen MR) is 188 cm³/mol. The van der Waals surface area contributed by atoms with E-state index in [4.69, 9.17) is 49.3 Å². The number of methoxy groups -OCH3 is 1. The van der Waals surface area contributed by atoms with Crippen molar-refractivity contribution < 1.29 is 133 Å². The zero-order chi connectivity index (χ0) is 47.6. The molecule has 36 nitrogen and oxygen atoms in total. The molecule has 2 saturated heterocycles. The van der Waals surface area contributed by atoms with Gasteiger partial charge in [-0.2, -0.15) is 22.2 Å². The molecule has 0 aliphatic carbocycles. The number of aromatic amines is 1. The number of H-pyrrole nitrogens is 1. The molecule has 0 radical (unpaired) electrons. The molecule has 356 valence electrons. The Morgan fingerprint density at radius 2 is 1.10 bits per heavy atom. The molecule has 0 saturated carbocycles. The Hall–Kier alpha value is -2.30. The molecule has 0 aromatic carbocycles. The standard InChI is InChI=1S/C10H18N3O15P3.C10H17N2O16P3/c11-8-4(2-14)1-13(10(17)12-8)9-7(16)6(15)5(26-9)3-25-30(21,22)28-31(23,24)27-29(18,19)20;1-24-4-2-12(10(16)11-8(4)15)9-7(14)6(13)5(26-9)3-25-30(20,21)28-31(22,23)27-29(17,18)19/h1,5-7,9,14-16H,2-3H2,(H,21,22)(H,23,24)(H2,11,12,17)(H2,18,19,20);2,5-7,9,13-14H,3H2,1H3,(H,20,21)(H,22,23)(H,11,15,16)(H2,17,18,19)/t2*5-,6?,7+,9-/m11/s1. The Morgan fingerprint density at radius 3 is 1.48 bits per heavy atom. The van der Waals surface area contributed by atoms with Crippen molar-refractivity contribution in [1.29, 1.82) is 0 Å². The summed E-state index contributed by atoms with van der Waals surface area (Å²) in [6.07, 6.45) is -11.9. The van der Waals surface area contributed by atoms with Gasteiger partial charge in [-0.1, -0.05) is 0 Å². The highest BCUT2D eigenvalue weighted by Gasteiger charge is 2.48. The first-order chi connectivity index (χ1) is 28.1. The minimum atomic E-state index is -5.75. The molecule has 0 amide bonds. The number of nitrogens with two attached hydrogens (primary N) is 1. The van der Waals surface area contributed by atoms with E-state index in [0.717, 1.165) is 19.5 Å². The van der Waals surface area contributed by atoms with E-state index in [0.29, 0.717) is 9.13 Å². The van der Waals surface area contributed by atoms with E-state index < -0.39 is 133 Å². The summed E-state index contributed by atoms with van der Waals surface area (Å²) in [5, 5.41) is 49.5. The van der Waals surface area contributed by atoms with Crippen molar-refractivity contribution in [3.05, 3.63) is 49.3 Å². The van der Waals surface area contributed by atoms with Gasteiger partial charge in [0.1, 0.15) is 42.4 Å². The number of aliphatic hydroxyl groups is 5. The zero-order valence-electron chi connectivity index (χ0n) is 30.2. The SMILES string of the molecule is COc1cn([C@@H]2O[C@H](COP(=O)(O)OP(=O)(O)OP(=O)(O)O)C(O)[C@@H]2O)c(=O)[nH]c1=O.Nc1nc(=O)n([C@@H]2O[C@H](COP(=O)(O)OP(=O)(O)OP(=O)(O)O)C(O)[C@@H]2O)cc1CO. The number of phosphoric acid groups is 6. The molecule has 62 heavy (non-hydrogen) atoms. The van der Waals surface area contributed by atoms with Crippen molar-refractivity contribution in [2.75, 3.05) is 26.1 Å². The molecule has 12 atom stereocenters. The van der Waals surface area contributed by atoms with Crippen LogP contribution >= 0.6 is 46.9 Å². The molecule has 2 aliphatic rings. The van der Waals surface area contributed by atoms with Crippen molar-refractivity contribution in [2.45, 2.75) is 55.7 Å². The highest BCUT2D eigenvalue weighted by Crippen LogP contribution is 2.67. The second kappa shape index (κ2) is 20.5. The van der Waals surface area contributed by atoms with Gasteiger partial charge in [-0.25, -0.2) is 37.0 Å². The summed E-state index contributed by atoms with van der Waals surface area (Å²) in [4.78, 5) is 112. The number of hydrogen-bond acceptors (Lipinski definition) is 25. The fraction of sp³-hybridized carbons (Fsp3) is 0.600. The lowest BCUT2D eigenvalue weighted by Crippen LogP contribution is -2.38. The van der Waals surface area contributed by atoms with Gasteiger partial charge in [0.2, 0.25) is 5.75 Å². The molecule has 4 rings (SSSR count). The highest BCUT2D eigenvalue weighted by atomic mass is 31.3. The van der Waals surface area contributed by atoms with Crippen LogP contribution in [-0.2, 0) is 69.8 Å². The summed E-state index contributed by atoms with van der Waals surface area (Å²) in [5.74, 6) is -0.636. The fourth-order valence-electron chi connectivity index (χ4n) is 4.76. The molecule has 2 aromatic rings. The van der Waals surface area contributed by atoms with Crippen LogP contribution in [0.2, 0.25) is 0 Å². The van der Waals surface area contributed by atoms with Crippen LogP contribution in [0.1, 0.15) is 18.0 Å². The number of aliphatic hydroxyl groups excluding tert-OH is 5. The summed E-state index contributed by atoms with van der Waals surface area (Å²) in [7, 11) is -32.6. The quantitative estimate of drug-likeness (QED) is 0.0621. The van der Waals surface area contributed by atoms with E-state index in [1.165, 1.54) is 0 Å². The predicted octanol–water partition coefficient (Wildman–Crippen LogP) is -5.21. The van der Waals surface area contributed by atoms with Gasteiger partial charge in [-0.05, 0) is 0 Å². The fourth-order valence-corrected chi connectivity index (χ4v) is 10.8. The first kappa shape index (κ1) is 54.0. The average molecular weight is 1030 g/mol. The number of aromatic nitrogens is 4. The summed E-state index contributed by atoms with van der Waals surface area (Å²) < 4.78 is 106. The van der Waals surface area contributed by atoms with E-state index in [2.05, 4.69) is 31.3 Å². The maximum atomic E-state index is 12.0. The lowest BCUT2D eigenvalue weighted by molar-refractivity contribution is -0.0544. The van der Waals surface area contributed by atoms with E-state index in [9.17, 15) is 77.1 Å². The van der Waals surface area contributed by atoms with Crippen LogP contribution < -0.4 is 27.4 Å². The van der Waals surface area contributed by atoms with Crippen molar-refractivity contribution >= 4 is 52.8 Å². The third kappa shape index (κ3) is 15.4. The van der Waals surface area contributed by atoms with E-state index in [1.807, 2.05) is 4.98 Å². The van der Waals surface area contributed by atoms with Crippen molar-refractivity contribution in [2.24, 2.45) is 0 Å². The van der Waals surface area contributed by atoms with Gasteiger partial charge in [0, 0.05) is 11.8 Å². The third-order valence-corrected chi connectivity index (χ3v) is 14.8. The van der Waals surface area contributed by atoms with Gasteiger partial charge >= 0.3 is 58.3 Å². The number of nitrogens with zero attached hydrogens (tertiary/aromatic N) is 3. The van der Waals surface area contributed by atoms with Crippen molar-refractivity contribution in [3.8, 4) is 5.75 Å². The van der Waals surface area contributed by atoms with E-state index >= 15 is 0 Å². The molecular formula is C20H35N5O31P6. The molecule has 2 aliphatic heterocycles. The zero-order valence-corrected chi connectivity index (χ0v) is 35.5. The van der Waals surface area contributed by atoms with Crippen LogP contribution in [0.15, 0.2) is 26.8 Å². The first-order valence-corrected chi connectivity index (χ1v) is 24.6. The molecule has 2 aromatic heterocycles. The summed E-state index contributed by atoms with van der Waals surface area (Å²) in [6, 6.07) is 0. The lowest BCUT2D eigenvalue weighted by atomic mass is 10.1. The Bertz CT molecular complexity index is 2400. The topological polar surface area (TPSA) is 564 Å². The molecule has 16 N–H and O–H groups in total. The second-order valence-corrected chi connectivity index (χ2v) is 20.6. The monoisotopic (exact) mass is 1030 g/mol. The molecule has 4 heterocycles. The molecule has 0 bridgehead atoms. The number of anilines is 1. The number of rotatable bonds is 18. The number of nitrogens with one attached hydrogen (secondary N) is 1. The van der Waals surface area contributed by atoms with Crippen LogP contribution in [0.4, 0.5) is 5.82 Å². The Labute approximate surface area is 341 Å². The van der Waals surface area contributed by atoms with Crippen molar-refractivity contribution in [3.63, 3.8) is 0 Å². The molecular weight excluding hydrogens is 992 g/mol. The van der Waals surface area contributed by atoms with E-state index in [1.54, 1.807) is 0 Å². The molecule has 2 fully saturated rings. The van der Waals surface area contributed by atoms with Gasteiger partial charge < -0.3 is 84.6 Å². The minimum Gasteiger partial charge on any atom is -0.490 e. The van der Waals surface area contributed by atoms with Gasteiger partial charge in [-0.15, -0.1) is 0 Å². The smallest absolute Gasteiger partial charge is 0.490 e. The number of phosphoric ester groups is 2. The lowest BCUT2D eigenvalue weighted by Gasteiger charge is -2.19. The third-order valence-electron chi connectivity index (χ3n) is 7.24. The second-order valence-electron chi connectivity index (χ2n) is 11.7. The molecule has 6 unspecified atom stereocenters. The Kier molecular flexibility index (Phi) is 17.8. The number of hydrogen-bond donors (Lipinski definition) is 15. The summed E-state index contributed by atoms with van der Waals surface area (Å²) in [6.45, 7) is -2.77.